The van der Waals surface area contributed by atoms with Gasteiger partial charge in [-0.25, -0.2) is 4.98 Å². The van der Waals surface area contributed by atoms with E-state index in [1.54, 1.807) is 30.1 Å². The van der Waals surface area contributed by atoms with Gasteiger partial charge in [-0.05, 0) is 43.4 Å². The van der Waals surface area contributed by atoms with E-state index in [1.165, 1.54) is 6.42 Å². The molecule has 1 fully saturated rings. The number of aromatic nitrogens is 1. The molecule has 1 aromatic carbocycles. The van der Waals surface area contributed by atoms with Gasteiger partial charge in [0.25, 0.3) is 11.8 Å². The standard InChI is InChI=1S/C22H27N3O2/c1-3-18-12-7-8-15-25(18)22(27)20-14-9-13-19(23-20)21(26)24(2)16-17-10-5-4-6-11-17/h4-6,9-11,13-14,18H,3,7-8,12,15-16H2,1-2H3. The Bertz CT molecular complexity index is 791. The Morgan fingerprint density at radius 3 is 2.56 bits per heavy atom. The summed E-state index contributed by atoms with van der Waals surface area (Å²) in [6.07, 6.45) is 4.18. The highest BCUT2D eigenvalue weighted by Crippen LogP contribution is 2.21. The van der Waals surface area contributed by atoms with Gasteiger partial charge in [-0.2, -0.15) is 0 Å². The number of nitrogens with zero attached hydrogens (tertiary/aromatic N) is 3. The molecule has 0 N–H and O–H groups in total. The van der Waals surface area contributed by atoms with Crippen LogP contribution in [0, 0.1) is 0 Å². The van der Waals surface area contributed by atoms with Crippen LogP contribution < -0.4 is 0 Å². The van der Waals surface area contributed by atoms with Crippen molar-refractivity contribution in [1.82, 2.24) is 14.8 Å². The molecule has 0 radical (unpaired) electrons. The zero-order valence-corrected chi connectivity index (χ0v) is 16.1. The van der Waals surface area contributed by atoms with Gasteiger partial charge in [0.15, 0.2) is 0 Å². The van der Waals surface area contributed by atoms with Gasteiger partial charge in [0.2, 0.25) is 0 Å². The Kier molecular flexibility index (Phi) is 6.22. The number of pyridine rings is 1. The molecule has 0 bridgehead atoms. The second-order valence-electron chi connectivity index (χ2n) is 7.11. The van der Waals surface area contributed by atoms with Gasteiger partial charge in [-0.3, -0.25) is 9.59 Å². The molecule has 1 aromatic heterocycles. The van der Waals surface area contributed by atoms with Crippen molar-refractivity contribution >= 4 is 11.8 Å². The van der Waals surface area contributed by atoms with Crippen LogP contribution in [0.4, 0.5) is 0 Å². The molecule has 1 aliphatic rings. The SMILES string of the molecule is CCC1CCCCN1C(=O)c1cccc(C(=O)N(C)Cc2ccccc2)n1. The molecule has 142 valence electrons. The molecule has 5 heteroatoms. The minimum Gasteiger partial charge on any atom is -0.336 e. The molecule has 0 saturated carbocycles. The van der Waals surface area contributed by atoms with E-state index in [0.29, 0.717) is 17.9 Å². The summed E-state index contributed by atoms with van der Waals surface area (Å²) >= 11 is 0. The maximum absolute atomic E-state index is 12.9. The van der Waals surface area contributed by atoms with Crippen LogP contribution in [0.3, 0.4) is 0 Å². The number of carbonyl (C=O) groups is 2. The number of hydrogen-bond donors (Lipinski definition) is 0. The van der Waals surface area contributed by atoms with Crippen molar-refractivity contribution in [3.8, 4) is 0 Å². The van der Waals surface area contributed by atoms with Crippen LogP contribution in [0.5, 0.6) is 0 Å². The zero-order chi connectivity index (χ0) is 19.2. The third-order valence-corrected chi connectivity index (χ3v) is 5.16. The summed E-state index contributed by atoms with van der Waals surface area (Å²) in [6, 6.07) is 15.2. The van der Waals surface area contributed by atoms with Gasteiger partial charge < -0.3 is 9.80 Å². The maximum Gasteiger partial charge on any atom is 0.272 e. The smallest absolute Gasteiger partial charge is 0.272 e. The third kappa shape index (κ3) is 4.54. The fourth-order valence-electron chi connectivity index (χ4n) is 3.64. The van der Waals surface area contributed by atoms with Crippen LogP contribution in [0.1, 0.15) is 59.1 Å². The lowest BCUT2D eigenvalue weighted by Gasteiger charge is -2.35. The number of piperidine rings is 1. The summed E-state index contributed by atoms with van der Waals surface area (Å²) in [5, 5.41) is 0. The number of hydrogen-bond acceptors (Lipinski definition) is 3. The summed E-state index contributed by atoms with van der Waals surface area (Å²) in [5.74, 6) is -0.249. The first-order chi connectivity index (χ1) is 13.1. The molecular weight excluding hydrogens is 338 g/mol. The van der Waals surface area contributed by atoms with Gasteiger partial charge in [-0.1, -0.05) is 43.3 Å². The lowest BCUT2D eigenvalue weighted by Crippen LogP contribution is -2.43. The van der Waals surface area contributed by atoms with Crippen molar-refractivity contribution in [2.24, 2.45) is 0 Å². The van der Waals surface area contributed by atoms with Crippen molar-refractivity contribution < 1.29 is 9.59 Å². The number of carbonyl (C=O) groups excluding carboxylic acids is 2. The maximum atomic E-state index is 12.9. The zero-order valence-electron chi connectivity index (χ0n) is 16.1. The molecule has 1 saturated heterocycles. The molecule has 1 aliphatic heterocycles. The molecular formula is C22H27N3O2. The number of benzene rings is 1. The summed E-state index contributed by atoms with van der Waals surface area (Å²) < 4.78 is 0. The van der Waals surface area contributed by atoms with Crippen molar-refractivity contribution in [3.63, 3.8) is 0 Å². The Morgan fingerprint density at radius 1 is 1.07 bits per heavy atom. The average molecular weight is 365 g/mol. The summed E-state index contributed by atoms with van der Waals surface area (Å²) in [4.78, 5) is 33.7. The van der Waals surface area contributed by atoms with E-state index < -0.39 is 0 Å². The van der Waals surface area contributed by atoms with Crippen molar-refractivity contribution in [3.05, 3.63) is 65.5 Å². The number of likely N-dealkylation sites (tertiary alicyclic amines) is 1. The topological polar surface area (TPSA) is 53.5 Å². The van der Waals surface area contributed by atoms with E-state index in [9.17, 15) is 9.59 Å². The Morgan fingerprint density at radius 2 is 1.81 bits per heavy atom. The lowest BCUT2D eigenvalue weighted by atomic mass is 9.99. The Balaban J connectivity index is 1.74. The second kappa shape index (κ2) is 8.80. The Labute approximate surface area is 161 Å². The molecule has 0 spiro atoms. The largest absolute Gasteiger partial charge is 0.336 e. The van der Waals surface area contributed by atoms with Gasteiger partial charge in [0, 0.05) is 26.2 Å². The fraction of sp³-hybridized carbons (Fsp3) is 0.409. The van der Waals surface area contributed by atoms with Crippen molar-refractivity contribution in [2.75, 3.05) is 13.6 Å². The van der Waals surface area contributed by atoms with Crippen LogP contribution in [0.15, 0.2) is 48.5 Å². The quantitative estimate of drug-likeness (QED) is 0.811. The summed E-state index contributed by atoms with van der Waals surface area (Å²) in [6.45, 7) is 3.39. The van der Waals surface area contributed by atoms with E-state index in [0.717, 1.165) is 31.4 Å². The van der Waals surface area contributed by atoms with Gasteiger partial charge >= 0.3 is 0 Å². The highest BCUT2D eigenvalue weighted by Gasteiger charge is 2.27. The average Bonchev–Trinajstić information content (AvgIpc) is 2.73. The van der Waals surface area contributed by atoms with Gasteiger partial charge in [0.05, 0.1) is 0 Å². The van der Waals surface area contributed by atoms with Crippen molar-refractivity contribution in [2.45, 2.75) is 45.2 Å². The molecule has 5 nitrogen and oxygen atoms in total. The predicted molar refractivity (Wildman–Crippen MR) is 105 cm³/mol. The van der Waals surface area contributed by atoms with Crippen LogP contribution in [0.2, 0.25) is 0 Å². The van der Waals surface area contributed by atoms with Crippen LogP contribution in [-0.4, -0.2) is 46.2 Å². The van der Waals surface area contributed by atoms with E-state index in [1.807, 2.05) is 35.2 Å². The van der Waals surface area contributed by atoms with E-state index in [-0.39, 0.29) is 17.9 Å². The predicted octanol–water partition coefficient (Wildman–Crippen LogP) is 3.76. The molecule has 2 amide bonds. The minimum absolute atomic E-state index is 0.0677. The molecule has 3 rings (SSSR count). The molecule has 2 aromatic rings. The number of amides is 2. The normalized spacial score (nSPS) is 16.8. The van der Waals surface area contributed by atoms with E-state index >= 15 is 0 Å². The highest BCUT2D eigenvalue weighted by atomic mass is 16.2. The highest BCUT2D eigenvalue weighted by molar-refractivity contribution is 5.96. The molecule has 2 heterocycles. The fourth-order valence-corrected chi connectivity index (χ4v) is 3.64. The first-order valence-electron chi connectivity index (χ1n) is 9.67. The second-order valence-corrected chi connectivity index (χ2v) is 7.11. The molecule has 1 unspecified atom stereocenters. The van der Waals surface area contributed by atoms with E-state index in [2.05, 4.69) is 11.9 Å². The molecule has 1 atom stereocenters. The third-order valence-electron chi connectivity index (χ3n) is 5.16. The van der Waals surface area contributed by atoms with Gasteiger partial charge in [0.1, 0.15) is 11.4 Å². The van der Waals surface area contributed by atoms with Gasteiger partial charge in [-0.15, -0.1) is 0 Å². The first kappa shape index (κ1) is 19.1. The van der Waals surface area contributed by atoms with Crippen molar-refractivity contribution in [1.29, 1.82) is 0 Å². The molecule has 27 heavy (non-hydrogen) atoms. The Hall–Kier alpha value is -2.69. The summed E-state index contributed by atoms with van der Waals surface area (Å²) in [5.41, 5.74) is 1.72. The van der Waals surface area contributed by atoms with E-state index in [4.69, 9.17) is 0 Å². The van der Waals surface area contributed by atoms with Crippen LogP contribution in [-0.2, 0) is 6.54 Å². The monoisotopic (exact) mass is 365 g/mol. The molecule has 0 aliphatic carbocycles. The summed E-state index contributed by atoms with van der Waals surface area (Å²) in [7, 11) is 1.75. The minimum atomic E-state index is -0.181. The lowest BCUT2D eigenvalue weighted by molar-refractivity contribution is 0.0601. The first-order valence-corrected chi connectivity index (χ1v) is 9.67. The van der Waals surface area contributed by atoms with Crippen LogP contribution >= 0.6 is 0 Å². The number of rotatable bonds is 5. The van der Waals surface area contributed by atoms with Crippen LogP contribution in [0.25, 0.3) is 0 Å².